The van der Waals surface area contributed by atoms with Crippen LogP contribution in [0.5, 0.6) is 0 Å². The molecule has 27 nitrogen and oxygen atoms in total. The summed E-state index contributed by atoms with van der Waals surface area (Å²) in [6.07, 6.45) is 5.86. The van der Waals surface area contributed by atoms with Crippen LogP contribution in [0.3, 0.4) is 0 Å². The Kier molecular flexibility index (Phi) is 17.8. The number of amides is 1. The Balaban J connectivity index is 1.49. The first-order valence-electron chi connectivity index (χ1n) is 25.0. The van der Waals surface area contributed by atoms with Gasteiger partial charge in [-0.1, -0.05) is 38.1 Å². The molecule has 84 heavy (non-hydrogen) atoms. The maximum absolute atomic E-state index is 14.6. The molecule has 0 bridgehead atoms. The second kappa shape index (κ2) is 22.8. The minimum atomic E-state index is -5.19. The molecule has 1 aliphatic carbocycles. The van der Waals surface area contributed by atoms with Gasteiger partial charge in [0.2, 0.25) is 11.6 Å². The van der Waals surface area contributed by atoms with Gasteiger partial charge in [-0.05, 0) is 110 Å². The fourth-order valence-corrected chi connectivity index (χ4v) is 15.1. The Labute approximate surface area is 484 Å². The Bertz CT molecular complexity index is 4490. The number of carbonyl (C=O) groups is 2. The zero-order valence-corrected chi connectivity index (χ0v) is 50.8. The molecular weight excluding hydrogens is 1250 g/mol. The van der Waals surface area contributed by atoms with E-state index in [0.717, 1.165) is 12.1 Å². The smallest absolute Gasteiger partial charge is 0.322 e. The van der Waals surface area contributed by atoms with E-state index in [-0.39, 0.29) is 99.1 Å². The van der Waals surface area contributed by atoms with Gasteiger partial charge < -0.3 is 15.0 Å². The molecule has 2 aliphatic heterocycles. The van der Waals surface area contributed by atoms with E-state index in [1.165, 1.54) is 61.6 Å². The van der Waals surface area contributed by atoms with Crippen molar-refractivity contribution in [2.45, 2.75) is 90.7 Å². The summed E-state index contributed by atoms with van der Waals surface area (Å²) in [5, 5.41) is 1.79. The molecule has 7 rings (SSSR count). The van der Waals surface area contributed by atoms with Crippen LogP contribution < -0.4 is 10.2 Å². The lowest BCUT2D eigenvalue weighted by Crippen LogP contribution is -2.49. The molecule has 8 N–H and O–H groups in total. The highest BCUT2D eigenvalue weighted by molar-refractivity contribution is 7.87. The van der Waals surface area contributed by atoms with Crippen molar-refractivity contribution in [1.29, 1.82) is 0 Å². The summed E-state index contributed by atoms with van der Waals surface area (Å²) in [4.78, 5) is 27.0. The van der Waals surface area contributed by atoms with Crippen LogP contribution in [0.15, 0.2) is 115 Å². The van der Waals surface area contributed by atoms with Gasteiger partial charge in [-0.15, -0.1) is 0 Å². The number of carbonyl (C=O) groups excluding carboxylic acids is 2. The van der Waals surface area contributed by atoms with Gasteiger partial charge >= 0.3 is 5.97 Å². The van der Waals surface area contributed by atoms with Gasteiger partial charge in [0.25, 0.3) is 70.8 Å². The molecule has 2 heterocycles. The second-order valence-electron chi connectivity index (χ2n) is 21.1. The maximum atomic E-state index is 14.6. The van der Waals surface area contributed by atoms with Crippen LogP contribution >= 0.6 is 0 Å². The van der Waals surface area contributed by atoms with E-state index in [4.69, 9.17) is 4.74 Å². The van der Waals surface area contributed by atoms with Crippen molar-refractivity contribution in [2.75, 3.05) is 48.4 Å². The van der Waals surface area contributed by atoms with E-state index in [2.05, 4.69) is 5.32 Å². The van der Waals surface area contributed by atoms with Crippen LogP contribution in [0.2, 0.25) is 0 Å². The van der Waals surface area contributed by atoms with Crippen molar-refractivity contribution in [3.8, 4) is 0 Å². The summed E-state index contributed by atoms with van der Waals surface area (Å²) in [5.74, 6) is -4.72. The fraction of sp³-hybridized carbons (Fsp3) is 0.380. The molecule has 0 spiro atoms. The third-order valence-electron chi connectivity index (χ3n) is 14.6. The number of nitrogens with zero attached hydrogens (tertiary/aromatic N) is 2. The number of hydrogen-bond acceptors (Lipinski definition) is 18. The third-order valence-corrected chi connectivity index (χ3v) is 20.3. The minimum Gasteiger partial charge on any atom is -0.465 e. The molecule has 0 fully saturated rings. The van der Waals surface area contributed by atoms with Gasteiger partial charge in [0.05, 0.1) is 39.1 Å². The Morgan fingerprint density at radius 1 is 0.619 bits per heavy atom. The van der Waals surface area contributed by atoms with Crippen molar-refractivity contribution < 1.29 is 110 Å². The van der Waals surface area contributed by atoms with Crippen molar-refractivity contribution >= 4 is 121 Å². The van der Waals surface area contributed by atoms with Crippen molar-refractivity contribution in [3.63, 3.8) is 0 Å². The second-order valence-corrected chi connectivity index (χ2v) is 31.5. The van der Waals surface area contributed by atoms with E-state index in [9.17, 15) is 100 Å². The van der Waals surface area contributed by atoms with E-state index in [1.807, 2.05) is 0 Å². The Morgan fingerprint density at radius 3 is 1.65 bits per heavy atom. The molecule has 0 aromatic heterocycles. The Morgan fingerprint density at radius 2 is 1.14 bits per heavy atom. The molecule has 0 saturated heterocycles. The number of ether oxygens (including phenoxy) is 1. The highest BCUT2D eigenvalue weighted by Gasteiger charge is 2.51. The van der Waals surface area contributed by atoms with Crippen LogP contribution in [0.4, 0.5) is 11.4 Å². The van der Waals surface area contributed by atoms with E-state index < -0.39 is 155 Å². The van der Waals surface area contributed by atoms with Crippen LogP contribution in [-0.2, 0) is 96.0 Å². The first-order chi connectivity index (χ1) is 38.3. The summed E-state index contributed by atoms with van der Waals surface area (Å²) in [7, 11) is -34.5. The number of fused-ring (bicyclic) bond motifs is 6. The predicted molar refractivity (Wildman–Crippen MR) is 304 cm³/mol. The number of esters is 1. The molecule has 1 amide bonds. The number of nitrogens with one attached hydrogen (secondary N) is 1. The van der Waals surface area contributed by atoms with Gasteiger partial charge in [-0.2, -0.15) is 63.5 Å². The fourth-order valence-electron chi connectivity index (χ4n) is 11.1. The zero-order valence-electron chi connectivity index (χ0n) is 45.1. The molecule has 0 saturated carbocycles. The number of rotatable bonds is 21. The Hall–Kier alpha value is -5.86. The van der Waals surface area contributed by atoms with Crippen molar-refractivity contribution in [1.82, 2.24) is 5.32 Å². The summed E-state index contributed by atoms with van der Waals surface area (Å²) in [6, 6.07) is 8.36. The molecule has 458 valence electrons. The molecule has 3 aliphatic rings. The lowest BCUT2D eigenvalue weighted by molar-refractivity contribution is -0.437. The predicted octanol–water partition coefficient (Wildman–Crippen LogP) is 4.35. The van der Waals surface area contributed by atoms with Gasteiger partial charge in [0.1, 0.15) is 16.3 Å². The lowest BCUT2D eigenvalue weighted by Gasteiger charge is -2.34. The highest BCUT2D eigenvalue weighted by Crippen LogP contribution is 2.53. The summed E-state index contributed by atoms with van der Waals surface area (Å²) in [6.45, 7) is 6.48. The number of allylic oxidation sites excluding steroid dienone is 8. The largest absolute Gasteiger partial charge is 0.465 e. The number of hydrogen-bond donors (Lipinski definition) is 8. The molecule has 4 aromatic rings. The van der Waals surface area contributed by atoms with Crippen LogP contribution in [0.1, 0.15) is 71.4 Å². The topological polar surface area (TPSA) is 442 Å². The molecule has 34 heteroatoms. The summed E-state index contributed by atoms with van der Waals surface area (Å²) < 4.78 is 250. The normalized spacial score (nSPS) is 19.6. The maximum Gasteiger partial charge on any atom is 0.322 e. The third kappa shape index (κ3) is 13.9. The van der Waals surface area contributed by atoms with E-state index in [1.54, 1.807) is 37.2 Å². The first kappa shape index (κ1) is 65.7. The quantitative estimate of drug-likeness (QED) is 0.0249. The minimum absolute atomic E-state index is 0.101. The molecule has 1 atom stereocenters. The van der Waals surface area contributed by atoms with Gasteiger partial charge in [0.15, 0.2) is 11.1 Å². The van der Waals surface area contributed by atoms with Crippen molar-refractivity contribution in [2.24, 2.45) is 5.41 Å². The van der Waals surface area contributed by atoms with Crippen LogP contribution in [-0.4, -0.2) is 156 Å². The monoisotopic (exact) mass is 1310 g/mol. The molecule has 0 radical (unpaired) electrons. The average molecular weight is 1310 g/mol. The van der Waals surface area contributed by atoms with E-state index >= 15 is 0 Å². The summed E-state index contributed by atoms with van der Waals surface area (Å²) in [5.41, 5.74) is -3.34. The van der Waals surface area contributed by atoms with Crippen LogP contribution in [0.25, 0.3) is 21.5 Å². The highest BCUT2D eigenvalue weighted by atomic mass is 32.2. The van der Waals surface area contributed by atoms with Gasteiger partial charge in [0, 0.05) is 64.8 Å². The number of anilines is 1. The van der Waals surface area contributed by atoms with Gasteiger partial charge in [-0.25, -0.2) is 0 Å². The molecule has 4 aromatic carbocycles. The SMILES string of the molecule is CCOC(=O)C1(C(=O)NCCS(=O)(=O)O)CC(/C=C/C2=[N+](CCCS(=O)(=O)O)c3ccc4c(S(=O)(=O)O)cc(S(=O)(=O)O)cc4c3C2(C)C)=CC(=C/C=C2/N(CCCS(=O)(=O)O)c3ccc4c(S(=O)(=O)O)cc(S(=O)(=O)O)cc4c3C2(C)C)/C1. The van der Waals surface area contributed by atoms with E-state index in [0.29, 0.717) is 12.1 Å². The first-order valence-corrected chi connectivity index (χ1v) is 35.6. The van der Waals surface area contributed by atoms with Crippen molar-refractivity contribution in [3.05, 3.63) is 107 Å². The molecular formula is C50H58N3O24S7+. The molecule has 1 unspecified atom stereocenters. The number of benzene rings is 4. The van der Waals surface area contributed by atoms with Gasteiger partial charge in [-0.3, -0.25) is 41.5 Å². The summed E-state index contributed by atoms with van der Waals surface area (Å²) >= 11 is 0. The zero-order chi connectivity index (χ0) is 62.9. The lowest BCUT2D eigenvalue weighted by atomic mass is 9.70. The average Bonchev–Trinajstić information content (AvgIpc) is 1.57. The standard InChI is InChI=1S/C50H57N3O24S7/c1-6-77-47(55)50(46(54)51-17-22-80(62,63)64)28-30(9-15-42-48(2,3)44-36-24-32(81(65,66)67)26-40(83(71,72)73)34(36)11-13-38(44)52(42)18-7-20-78(56,57)58)23-31(29-50)10-16-43-49(4,5)45-37-25-33(82(68,69)70)27-41(84(74,75)76)35(37)12-14-39(45)53(43)19-8-21-79(59,60)61/h9-16,23-27H,6-8,17-22,28-29H2,1-5H3,(H7-,51,54,56,57,58,59,60,61,62,63,64,65,66,67,68,69,70,71,72,73,74,75,76)/p+1. The van der Waals surface area contributed by atoms with Crippen LogP contribution in [0, 0.1) is 5.41 Å².